The lowest BCUT2D eigenvalue weighted by Crippen LogP contribution is -2.29. The van der Waals surface area contributed by atoms with Crippen LogP contribution in [0.15, 0.2) is 40.4 Å². The van der Waals surface area contributed by atoms with Gasteiger partial charge in [-0.15, -0.1) is 0 Å². The maximum atomic E-state index is 13.3. The van der Waals surface area contributed by atoms with Gasteiger partial charge in [-0.2, -0.15) is 26.3 Å². The molecule has 0 saturated carbocycles. The van der Waals surface area contributed by atoms with E-state index in [9.17, 15) is 43.2 Å². The molecule has 0 spiro atoms. The summed E-state index contributed by atoms with van der Waals surface area (Å²) in [5, 5.41) is -2.48. The molecule has 1 aromatic heterocycles. The molecule has 0 radical (unpaired) electrons. The summed E-state index contributed by atoms with van der Waals surface area (Å²) in [6, 6.07) is 4.07. The lowest BCUT2D eigenvalue weighted by molar-refractivity contribution is -0.141. The number of hydrogen-bond acceptors (Lipinski definition) is 7. The largest absolute Gasteiger partial charge is 0.433 e. The molecule has 1 aromatic carbocycles. The molecule has 1 aliphatic rings. The van der Waals surface area contributed by atoms with Crippen molar-refractivity contribution in [3.05, 3.63) is 41.6 Å². The summed E-state index contributed by atoms with van der Waals surface area (Å²) in [5.74, 6) is -0.491. The van der Waals surface area contributed by atoms with E-state index in [1.807, 2.05) is 0 Å². The maximum absolute atomic E-state index is 13.3. The van der Waals surface area contributed by atoms with Gasteiger partial charge < -0.3 is 4.90 Å². The Labute approximate surface area is 178 Å². The Bertz CT molecular complexity index is 1240. The minimum absolute atomic E-state index is 0.171. The molecule has 15 heteroatoms. The molecule has 0 amide bonds. The van der Waals surface area contributed by atoms with E-state index in [0.29, 0.717) is 18.4 Å². The first-order chi connectivity index (χ1) is 14.5. The van der Waals surface area contributed by atoms with E-state index in [-0.39, 0.29) is 13.0 Å². The van der Waals surface area contributed by atoms with Crippen molar-refractivity contribution >= 4 is 25.5 Å². The molecule has 0 bridgehead atoms. The fraction of sp³-hybridized carbons (Fsp3) is 0.412. The Morgan fingerprint density at radius 2 is 1.59 bits per heavy atom. The van der Waals surface area contributed by atoms with E-state index < -0.39 is 70.9 Å². The first-order valence-corrected chi connectivity index (χ1v) is 12.3. The van der Waals surface area contributed by atoms with Gasteiger partial charge in [0.1, 0.15) is 5.82 Å². The molecule has 1 saturated heterocycles. The van der Waals surface area contributed by atoms with Gasteiger partial charge in [0.05, 0.1) is 15.7 Å². The zero-order valence-corrected chi connectivity index (χ0v) is 17.8. The van der Waals surface area contributed by atoms with Crippen molar-refractivity contribution in [1.29, 1.82) is 0 Å². The fourth-order valence-corrected chi connectivity index (χ4v) is 5.64. The van der Waals surface area contributed by atoms with Gasteiger partial charge in [0.2, 0.25) is 15.0 Å². The maximum Gasteiger partial charge on any atom is 0.433 e. The monoisotopic (exact) mass is 503 g/mol. The third kappa shape index (κ3) is 4.82. The molecule has 2 aromatic rings. The highest BCUT2D eigenvalue weighted by molar-refractivity contribution is 7.92. The van der Waals surface area contributed by atoms with Crippen molar-refractivity contribution in [3.63, 3.8) is 0 Å². The SMILES string of the molecule is CS(=O)(=O)c1nc(N2CCC(S(=O)(=O)c3ccccc3C(F)(F)F)C2)cc(C(F)(F)F)n1. The van der Waals surface area contributed by atoms with Crippen LogP contribution in [0.5, 0.6) is 0 Å². The predicted molar refractivity (Wildman–Crippen MR) is 99.4 cm³/mol. The molecule has 1 atom stereocenters. The van der Waals surface area contributed by atoms with Crippen LogP contribution >= 0.6 is 0 Å². The first-order valence-electron chi connectivity index (χ1n) is 8.82. The van der Waals surface area contributed by atoms with Crippen LogP contribution in [0, 0.1) is 0 Å². The van der Waals surface area contributed by atoms with Crippen LogP contribution in [0.2, 0.25) is 0 Å². The molecular weight excluding hydrogens is 488 g/mol. The summed E-state index contributed by atoms with van der Waals surface area (Å²) < 4.78 is 128. The molecule has 0 aliphatic carbocycles. The van der Waals surface area contributed by atoms with Crippen LogP contribution in [0.3, 0.4) is 0 Å². The molecule has 7 nitrogen and oxygen atoms in total. The lowest BCUT2D eigenvalue weighted by Gasteiger charge is -2.20. The number of aromatic nitrogens is 2. The zero-order chi connectivity index (χ0) is 24.1. The first kappa shape index (κ1) is 24.2. The average Bonchev–Trinajstić information content (AvgIpc) is 3.17. The summed E-state index contributed by atoms with van der Waals surface area (Å²) in [5.41, 5.74) is -2.89. The normalized spacial score (nSPS) is 18.2. The molecular formula is C17H15F6N3O4S2. The van der Waals surface area contributed by atoms with Crippen LogP contribution in [0.25, 0.3) is 0 Å². The second kappa shape index (κ2) is 7.86. The lowest BCUT2D eigenvalue weighted by atomic mass is 10.2. The standard InChI is InChI=1S/C17H15F6N3O4S2/c1-31(27,28)15-24-13(17(21,22)23)8-14(25-15)26-7-6-10(9-26)32(29,30)12-5-3-2-4-11(12)16(18,19)20/h2-5,8,10H,6-7,9H2,1H3. The van der Waals surface area contributed by atoms with Crippen LogP contribution in [0.4, 0.5) is 32.2 Å². The second-order valence-corrected chi connectivity index (χ2v) is 11.2. The number of halogens is 6. The zero-order valence-electron chi connectivity index (χ0n) is 16.1. The number of sulfone groups is 2. The smallest absolute Gasteiger partial charge is 0.355 e. The molecule has 2 heterocycles. The summed E-state index contributed by atoms with van der Waals surface area (Å²) in [6.07, 6.45) is -9.53. The minimum atomic E-state index is -5.01. The number of rotatable bonds is 4. The van der Waals surface area contributed by atoms with Gasteiger partial charge in [-0.25, -0.2) is 26.8 Å². The highest BCUT2D eigenvalue weighted by atomic mass is 32.2. The van der Waals surface area contributed by atoms with Gasteiger partial charge >= 0.3 is 12.4 Å². The quantitative estimate of drug-likeness (QED) is 0.468. The topological polar surface area (TPSA) is 97.3 Å². The highest BCUT2D eigenvalue weighted by Crippen LogP contribution is 2.37. The van der Waals surface area contributed by atoms with Gasteiger partial charge in [-0.05, 0) is 18.6 Å². The third-order valence-electron chi connectivity index (χ3n) is 4.72. The van der Waals surface area contributed by atoms with Gasteiger partial charge in [0.25, 0.3) is 0 Å². The molecule has 0 N–H and O–H groups in total. The van der Waals surface area contributed by atoms with Crippen LogP contribution in [-0.4, -0.2) is 51.4 Å². The summed E-state index contributed by atoms with van der Waals surface area (Å²) in [4.78, 5) is 6.74. The number of benzene rings is 1. The van der Waals surface area contributed by atoms with Gasteiger partial charge in [-0.3, -0.25) is 0 Å². The molecule has 1 unspecified atom stereocenters. The Balaban J connectivity index is 1.99. The molecule has 3 rings (SSSR count). The summed E-state index contributed by atoms with van der Waals surface area (Å²) in [6.45, 7) is -0.651. The van der Waals surface area contributed by atoms with E-state index >= 15 is 0 Å². The number of anilines is 1. The van der Waals surface area contributed by atoms with Crippen LogP contribution < -0.4 is 4.90 Å². The summed E-state index contributed by atoms with van der Waals surface area (Å²) in [7, 11) is -8.75. The van der Waals surface area contributed by atoms with Crippen molar-refractivity contribution in [3.8, 4) is 0 Å². The van der Waals surface area contributed by atoms with Crippen molar-refractivity contribution < 1.29 is 43.2 Å². The third-order valence-corrected chi connectivity index (χ3v) is 7.80. The van der Waals surface area contributed by atoms with Crippen LogP contribution in [0.1, 0.15) is 17.7 Å². The van der Waals surface area contributed by atoms with E-state index in [2.05, 4.69) is 9.97 Å². The van der Waals surface area contributed by atoms with Crippen molar-refractivity contribution in [2.24, 2.45) is 0 Å². The fourth-order valence-electron chi connectivity index (χ4n) is 3.20. The number of hydrogen-bond donors (Lipinski definition) is 0. The number of nitrogens with zero attached hydrogens (tertiary/aromatic N) is 3. The van der Waals surface area contributed by atoms with E-state index in [4.69, 9.17) is 0 Å². The second-order valence-electron chi connectivity index (χ2n) is 7.06. The Morgan fingerprint density at radius 1 is 0.969 bits per heavy atom. The van der Waals surface area contributed by atoms with Crippen molar-refractivity contribution in [2.75, 3.05) is 24.2 Å². The Hall–Kier alpha value is -2.42. The van der Waals surface area contributed by atoms with Gasteiger partial charge in [0.15, 0.2) is 15.5 Å². The van der Waals surface area contributed by atoms with E-state index in [1.54, 1.807) is 0 Å². The molecule has 1 aliphatic heterocycles. The van der Waals surface area contributed by atoms with E-state index in [1.165, 1.54) is 0 Å². The van der Waals surface area contributed by atoms with E-state index in [0.717, 1.165) is 23.1 Å². The van der Waals surface area contributed by atoms with Gasteiger partial charge in [0, 0.05) is 25.4 Å². The average molecular weight is 503 g/mol. The molecule has 32 heavy (non-hydrogen) atoms. The highest BCUT2D eigenvalue weighted by Gasteiger charge is 2.42. The van der Waals surface area contributed by atoms with Crippen LogP contribution in [-0.2, 0) is 32.0 Å². The Kier molecular flexibility index (Phi) is 5.95. The number of alkyl halides is 6. The molecule has 1 fully saturated rings. The van der Waals surface area contributed by atoms with Crippen molar-refractivity contribution in [1.82, 2.24) is 9.97 Å². The minimum Gasteiger partial charge on any atom is -0.355 e. The Morgan fingerprint density at radius 3 is 2.16 bits per heavy atom. The van der Waals surface area contributed by atoms with Gasteiger partial charge in [-0.1, -0.05) is 12.1 Å². The molecule has 176 valence electrons. The predicted octanol–water partition coefficient (Wildman–Crippen LogP) is 2.97. The van der Waals surface area contributed by atoms with Crippen molar-refractivity contribution in [2.45, 2.75) is 34.1 Å². The summed E-state index contributed by atoms with van der Waals surface area (Å²) >= 11 is 0.